The monoisotopic (exact) mass is 257 g/mol. The summed E-state index contributed by atoms with van der Waals surface area (Å²) in [5, 5.41) is 10.3. The summed E-state index contributed by atoms with van der Waals surface area (Å²) in [5.74, 6) is 0.0387. The number of halogens is 1. The normalized spacial score (nSPS) is 17.5. The highest BCUT2D eigenvalue weighted by atomic mass is 79.9. The summed E-state index contributed by atoms with van der Waals surface area (Å²) in [6, 6.07) is 7.69. The molecule has 1 aromatic carbocycles. The van der Waals surface area contributed by atoms with E-state index in [1.54, 1.807) is 6.92 Å². The third-order valence-corrected chi connectivity index (χ3v) is 3.22. The second-order valence-electron chi connectivity index (χ2n) is 3.79. The van der Waals surface area contributed by atoms with Crippen molar-refractivity contribution in [1.82, 2.24) is 0 Å². The van der Waals surface area contributed by atoms with Gasteiger partial charge < -0.3 is 10.8 Å². The van der Waals surface area contributed by atoms with Crippen LogP contribution in [0.4, 0.5) is 0 Å². The third kappa shape index (κ3) is 2.35. The van der Waals surface area contributed by atoms with Crippen LogP contribution in [-0.2, 0) is 5.60 Å². The van der Waals surface area contributed by atoms with Gasteiger partial charge in [-0.3, -0.25) is 0 Å². The molecule has 0 spiro atoms. The number of nitrogens with two attached hydrogens (primary N) is 1. The fourth-order valence-corrected chi connectivity index (χ4v) is 1.72. The van der Waals surface area contributed by atoms with Crippen molar-refractivity contribution in [3.05, 3.63) is 34.3 Å². The van der Waals surface area contributed by atoms with Crippen molar-refractivity contribution >= 4 is 15.9 Å². The molecule has 1 rings (SSSR count). The minimum absolute atomic E-state index is 0.0387. The summed E-state index contributed by atoms with van der Waals surface area (Å²) in [6.45, 7) is 4.21. The molecule has 0 amide bonds. The molecule has 0 saturated carbocycles. The van der Waals surface area contributed by atoms with E-state index in [-0.39, 0.29) is 5.92 Å². The Morgan fingerprint density at radius 3 is 2.71 bits per heavy atom. The van der Waals surface area contributed by atoms with Gasteiger partial charge in [0.2, 0.25) is 0 Å². The molecule has 3 N–H and O–H groups in total. The lowest BCUT2D eigenvalue weighted by molar-refractivity contribution is 0.00514. The zero-order valence-electron chi connectivity index (χ0n) is 8.50. The first-order valence-electron chi connectivity index (χ1n) is 4.67. The molecule has 2 atom stereocenters. The van der Waals surface area contributed by atoms with Gasteiger partial charge in [-0.2, -0.15) is 0 Å². The van der Waals surface area contributed by atoms with Crippen LogP contribution in [0.3, 0.4) is 0 Å². The quantitative estimate of drug-likeness (QED) is 0.873. The molecular formula is C11H16BrNO. The third-order valence-electron chi connectivity index (χ3n) is 2.72. The maximum Gasteiger partial charge on any atom is 0.0906 e. The van der Waals surface area contributed by atoms with Crippen LogP contribution >= 0.6 is 15.9 Å². The number of rotatable bonds is 3. The van der Waals surface area contributed by atoms with E-state index in [0.717, 1.165) is 10.0 Å². The summed E-state index contributed by atoms with van der Waals surface area (Å²) < 4.78 is 0.972. The SMILES string of the molecule is CC(CN)C(C)(O)c1cccc(Br)c1. The van der Waals surface area contributed by atoms with Crippen LogP contribution in [0, 0.1) is 5.92 Å². The Labute approximate surface area is 93.3 Å². The lowest BCUT2D eigenvalue weighted by Gasteiger charge is -2.30. The molecule has 2 unspecified atom stereocenters. The highest BCUT2D eigenvalue weighted by Gasteiger charge is 2.29. The largest absolute Gasteiger partial charge is 0.385 e. The predicted octanol–water partition coefficient (Wildman–Crippen LogP) is 2.25. The van der Waals surface area contributed by atoms with Crippen molar-refractivity contribution in [2.24, 2.45) is 11.7 Å². The van der Waals surface area contributed by atoms with E-state index < -0.39 is 5.60 Å². The lowest BCUT2D eigenvalue weighted by Crippen LogP contribution is -2.34. The average Bonchev–Trinajstić information content (AvgIpc) is 2.16. The molecule has 0 aliphatic carbocycles. The minimum Gasteiger partial charge on any atom is -0.385 e. The van der Waals surface area contributed by atoms with E-state index in [1.807, 2.05) is 31.2 Å². The fraction of sp³-hybridized carbons (Fsp3) is 0.455. The molecule has 1 aromatic rings. The van der Waals surface area contributed by atoms with E-state index in [9.17, 15) is 5.11 Å². The average molecular weight is 258 g/mol. The van der Waals surface area contributed by atoms with E-state index >= 15 is 0 Å². The van der Waals surface area contributed by atoms with Crippen LogP contribution in [0.1, 0.15) is 19.4 Å². The molecule has 0 radical (unpaired) electrons. The van der Waals surface area contributed by atoms with Gasteiger partial charge in [0, 0.05) is 10.4 Å². The van der Waals surface area contributed by atoms with Crippen molar-refractivity contribution in [3.63, 3.8) is 0 Å². The van der Waals surface area contributed by atoms with E-state index in [1.165, 1.54) is 0 Å². The van der Waals surface area contributed by atoms with Gasteiger partial charge in [0.1, 0.15) is 0 Å². The lowest BCUT2D eigenvalue weighted by atomic mass is 9.84. The van der Waals surface area contributed by atoms with Gasteiger partial charge >= 0.3 is 0 Å². The zero-order valence-corrected chi connectivity index (χ0v) is 10.1. The number of hydrogen-bond acceptors (Lipinski definition) is 2. The predicted molar refractivity (Wildman–Crippen MR) is 61.9 cm³/mol. The van der Waals surface area contributed by atoms with Gasteiger partial charge in [-0.1, -0.05) is 35.0 Å². The molecular weight excluding hydrogens is 242 g/mol. The molecule has 0 saturated heterocycles. The van der Waals surface area contributed by atoms with Gasteiger partial charge in [0.25, 0.3) is 0 Å². The van der Waals surface area contributed by atoms with E-state index in [0.29, 0.717) is 6.54 Å². The molecule has 0 heterocycles. The van der Waals surface area contributed by atoms with Gasteiger partial charge in [-0.05, 0) is 31.2 Å². The summed E-state index contributed by atoms with van der Waals surface area (Å²) in [6.07, 6.45) is 0. The minimum atomic E-state index is -0.863. The number of hydrogen-bond donors (Lipinski definition) is 2. The first-order chi connectivity index (χ1) is 6.48. The van der Waals surface area contributed by atoms with Crippen molar-refractivity contribution in [1.29, 1.82) is 0 Å². The first-order valence-corrected chi connectivity index (χ1v) is 5.46. The van der Waals surface area contributed by atoms with Crippen LogP contribution in [0.15, 0.2) is 28.7 Å². The fourth-order valence-electron chi connectivity index (χ4n) is 1.32. The zero-order chi connectivity index (χ0) is 10.8. The van der Waals surface area contributed by atoms with Crippen LogP contribution in [-0.4, -0.2) is 11.7 Å². The molecule has 0 fully saturated rings. The Hall–Kier alpha value is -0.380. The Kier molecular flexibility index (Phi) is 3.70. The Morgan fingerprint density at radius 2 is 2.21 bits per heavy atom. The summed E-state index contributed by atoms with van der Waals surface area (Å²) in [7, 11) is 0. The molecule has 0 bridgehead atoms. The summed E-state index contributed by atoms with van der Waals surface area (Å²) in [5.41, 5.74) is 5.59. The van der Waals surface area contributed by atoms with Crippen LogP contribution in [0.2, 0.25) is 0 Å². The molecule has 3 heteroatoms. The Balaban J connectivity index is 3.03. The molecule has 0 aromatic heterocycles. The van der Waals surface area contributed by atoms with Crippen molar-refractivity contribution in [3.8, 4) is 0 Å². The first kappa shape index (κ1) is 11.7. The highest BCUT2D eigenvalue weighted by Crippen LogP contribution is 2.29. The molecule has 2 nitrogen and oxygen atoms in total. The molecule has 78 valence electrons. The van der Waals surface area contributed by atoms with Gasteiger partial charge in [-0.25, -0.2) is 0 Å². The second-order valence-corrected chi connectivity index (χ2v) is 4.71. The standard InChI is InChI=1S/C11H16BrNO/c1-8(7-13)11(2,14)9-4-3-5-10(12)6-9/h3-6,8,14H,7,13H2,1-2H3. The van der Waals surface area contributed by atoms with E-state index in [2.05, 4.69) is 15.9 Å². The van der Waals surface area contributed by atoms with Crippen molar-refractivity contribution < 1.29 is 5.11 Å². The number of aliphatic hydroxyl groups is 1. The molecule has 14 heavy (non-hydrogen) atoms. The maximum atomic E-state index is 10.3. The van der Waals surface area contributed by atoms with Crippen LogP contribution in [0.25, 0.3) is 0 Å². The van der Waals surface area contributed by atoms with Crippen molar-refractivity contribution in [2.45, 2.75) is 19.4 Å². The number of benzene rings is 1. The smallest absolute Gasteiger partial charge is 0.0906 e. The van der Waals surface area contributed by atoms with E-state index in [4.69, 9.17) is 5.73 Å². The topological polar surface area (TPSA) is 46.2 Å². The van der Waals surface area contributed by atoms with Crippen molar-refractivity contribution in [2.75, 3.05) is 6.54 Å². The second kappa shape index (κ2) is 4.43. The van der Waals surface area contributed by atoms with Gasteiger partial charge in [0.15, 0.2) is 0 Å². The maximum absolute atomic E-state index is 10.3. The van der Waals surface area contributed by atoms with Gasteiger partial charge in [0.05, 0.1) is 5.60 Å². The van der Waals surface area contributed by atoms with Gasteiger partial charge in [-0.15, -0.1) is 0 Å². The molecule has 0 aliphatic heterocycles. The summed E-state index contributed by atoms with van der Waals surface area (Å²) in [4.78, 5) is 0. The highest BCUT2D eigenvalue weighted by molar-refractivity contribution is 9.10. The Morgan fingerprint density at radius 1 is 1.57 bits per heavy atom. The van der Waals surface area contributed by atoms with Crippen LogP contribution in [0.5, 0.6) is 0 Å². The van der Waals surface area contributed by atoms with Crippen LogP contribution < -0.4 is 5.73 Å². The Bertz CT molecular complexity index is 312. The molecule has 0 aliphatic rings. The summed E-state index contributed by atoms with van der Waals surface area (Å²) >= 11 is 3.38.